The van der Waals surface area contributed by atoms with E-state index in [2.05, 4.69) is 6.55 Å². The quantitative estimate of drug-likeness (QED) is 0.555. The molecule has 0 aromatic rings. The monoisotopic (exact) mass is 330 g/mol. The molecule has 0 aliphatic carbocycles. The third kappa shape index (κ3) is 4.90. The predicted octanol–water partition coefficient (Wildman–Crippen LogP) is 2.11. The van der Waals surface area contributed by atoms with Crippen molar-refractivity contribution in [1.29, 1.82) is 0 Å². The number of alkyl halides is 1. The Hall–Kier alpha value is 1.04. The minimum absolute atomic E-state index is 0.666. The van der Waals surface area contributed by atoms with Gasteiger partial charge in [-0.05, 0) is 51.7 Å². The molecule has 3 nitrogen and oxygen atoms in total. The highest BCUT2D eigenvalue weighted by Gasteiger charge is 2.58. The Morgan fingerprint density at radius 3 is 1.76 bits per heavy atom. The lowest BCUT2D eigenvalue weighted by atomic mass is 10.6. The summed E-state index contributed by atoms with van der Waals surface area (Å²) in [6.07, 6.45) is 0.972. The van der Waals surface area contributed by atoms with Gasteiger partial charge in [0.1, 0.15) is 0 Å². The molecule has 0 saturated carbocycles. The lowest BCUT2D eigenvalue weighted by Gasteiger charge is -2.44. The summed E-state index contributed by atoms with van der Waals surface area (Å²) in [5.74, 6) is 0.666. The molecule has 0 rings (SSSR count). The van der Waals surface area contributed by atoms with Crippen LogP contribution >= 0.6 is 11.6 Å². The maximum absolute atomic E-state index is 10.5. The van der Waals surface area contributed by atoms with E-state index < -0.39 is 32.1 Å². The minimum atomic E-state index is -2.42. The van der Waals surface area contributed by atoms with Crippen molar-refractivity contribution in [3.05, 3.63) is 0 Å². The average molecular weight is 331 g/mol. The topological polar surface area (TPSA) is 49.7 Å². The lowest BCUT2D eigenvalue weighted by molar-refractivity contribution is 0.511. The summed E-state index contributed by atoms with van der Waals surface area (Å²) < 4.78 is 6.31. The van der Waals surface area contributed by atoms with Gasteiger partial charge >= 0.3 is 0 Å². The van der Waals surface area contributed by atoms with Crippen molar-refractivity contribution in [1.82, 2.24) is 0 Å². The zero-order chi connectivity index (χ0) is 13.9. The second-order valence-corrected chi connectivity index (χ2v) is 32.3. The average Bonchev–Trinajstić information content (AvgIpc) is 2.10. The number of hydrogen-bond donors (Lipinski definition) is 2. The van der Waals surface area contributed by atoms with Crippen LogP contribution in [0.2, 0.25) is 45.3 Å². The second-order valence-electron chi connectivity index (χ2n) is 5.91. The maximum Gasteiger partial charge on any atom is 0.213 e. The molecular weight excluding hydrogens is 304 g/mol. The van der Waals surface area contributed by atoms with Crippen molar-refractivity contribution in [2.75, 3.05) is 5.88 Å². The molecule has 0 aromatic carbocycles. The Morgan fingerprint density at radius 2 is 1.47 bits per heavy atom. The van der Waals surface area contributed by atoms with Crippen molar-refractivity contribution in [2.45, 2.75) is 51.7 Å². The van der Waals surface area contributed by atoms with E-state index in [-0.39, 0.29) is 0 Å². The fourth-order valence-corrected chi connectivity index (χ4v) is 37.3. The first-order chi connectivity index (χ1) is 7.45. The first-order valence-electron chi connectivity index (χ1n) is 6.14. The maximum atomic E-state index is 10.5. The molecule has 0 radical (unpaired) electrons. The normalized spacial score (nSPS) is 16.1. The third-order valence-electron chi connectivity index (χ3n) is 3.52. The molecule has 0 aliphatic heterocycles. The number of rotatable bonds is 7. The highest BCUT2D eigenvalue weighted by Crippen LogP contribution is 2.28. The summed E-state index contributed by atoms with van der Waals surface area (Å²) in [5.41, 5.74) is 0. The molecule has 8 heteroatoms. The molecule has 0 aliphatic rings. The van der Waals surface area contributed by atoms with Crippen LogP contribution in [-0.4, -0.2) is 47.5 Å². The smallest absolute Gasteiger partial charge is 0.213 e. The molecule has 0 aromatic heterocycles. The van der Waals surface area contributed by atoms with Crippen LogP contribution in [0.3, 0.4) is 0 Å². The van der Waals surface area contributed by atoms with Gasteiger partial charge in [-0.3, -0.25) is 0 Å². The molecule has 2 N–H and O–H groups in total. The van der Waals surface area contributed by atoms with Crippen LogP contribution in [0.5, 0.6) is 0 Å². The van der Waals surface area contributed by atoms with Crippen LogP contribution in [0.25, 0.3) is 0 Å². The van der Waals surface area contributed by atoms with E-state index in [4.69, 9.17) is 15.7 Å². The molecule has 0 saturated heterocycles. The van der Waals surface area contributed by atoms with Gasteiger partial charge in [0.15, 0.2) is 24.7 Å². The van der Waals surface area contributed by atoms with E-state index in [0.29, 0.717) is 5.88 Å². The second kappa shape index (κ2) is 6.46. The summed E-state index contributed by atoms with van der Waals surface area (Å²) in [5, 5.41) is 0. The van der Waals surface area contributed by atoms with Gasteiger partial charge in [-0.2, -0.15) is 0 Å². The zero-order valence-corrected chi connectivity index (χ0v) is 16.8. The van der Waals surface area contributed by atoms with Gasteiger partial charge in [-0.25, -0.2) is 0 Å². The highest BCUT2D eigenvalue weighted by atomic mass is 35.5. The Balaban J connectivity index is 4.86. The van der Waals surface area contributed by atoms with Crippen LogP contribution in [0, 0.1) is 0 Å². The van der Waals surface area contributed by atoms with Crippen molar-refractivity contribution in [3.8, 4) is 0 Å². The van der Waals surface area contributed by atoms with Gasteiger partial charge in [0, 0.05) is 5.88 Å². The largest absolute Gasteiger partial charge is 0.458 e. The van der Waals surface area contributed by atoms with E-state index in [1.165, 1.54) is 0 Å². The van der Waals surface area contributed by atoms with E-state index in [0.717, 1.165) is 12.5 Å². The lowest BCUT2D eigenvalue weighted by Crippen LogP contribution is -2.75. The SMILES string of the molecule is C[SiH](CCCCl)O[Si](C)([Si](C)(C)O)[Si](C)(C)O. The number of halogens is 1. The summed E-state index contributed by atoms with van der Waals surface area (Å²) in [4.78, 5) is 21.0. The van der Waals surface area contributed by atoms with Crippen molar-refractivity contribution >= 4 is 43.7 Å². The zero-order valence-electron chi connectivity index (χ0n) is 11.9. The van der Waals surface area contributed by atoms with E-state index in [1.54, 1.807) is 0 Å². The van der Waals surface area contributed by atoms with Crippen molar-refractivity contribution < 1.29 is 13.7 Å². The molecule has 0 amide bonds. The fraction of sp³-hybridized carbons (Fsp3) is 1.00. The molecule has 1 atom stereocenters. The Morgan fingerprint density at radius 1 is 1.06 bits per heavy atom. The molecule has 0 heterocycles. The van der Waals surface area contributed by atoms with E-state index in [1.807, 2.05) is 32.7 Å². The van der Waals surface area contributed by atoms with Gasteiger partial charge in [0.05, 0.1) is 0 Å². The first kappa shape index (κ1) is 18.0. The third-order valence-corrected chi connectivity index (χ3v) is 40.3. The van der Waals surface area contributed by atoms with Gasteiger partial charge < -0.3 is 13.7 Å². The van der Waals surface area contributed by atoms with Gasteiger partial charge in [0.2, 0.25) is 7.35 Å². The fourth-order valence-electron chi connectivity index (χ4n) is 1.86. The van der Waals surface area contributed by atoms with Crippen LogP contribution in [0.15, 0.2) is 0 Å². The predicted molar refractivity (Wildman–Crippen MR) is 85.3 cm³/mol. The van der Waals surface area contributed by atoms with E-state index in [9.17, 15) is 9.59 Å². The molecule has 0 bridgehead atoms. The highest BCUT2D eigenvalue weighted by molar-refractivity contribution is 7.64. The van der Waals surface area contributed by atoms with Crippen LogP contribution in [-0.2, 0) is 4.12 Å². The van der Waals surface area contributed by atoms with Crippen molar-refractivity contribution in [2.24, 2.45) is 0 Å². The van der Waals surface area contributed by atoms with Gasteiger partial charge in [-0.15, -0.1) is 11.6 Å². The summed E-state index contributed by atoms with van der Waals surface area (Å²) in [6.45, 7) is 11.8. The summed E-state index contributed by atoms with van der Waals surface area (Å²) in [6, 6.07) is 1.03. The summed E-state index contributed by atoms with van der Waals surface area (Å²) >= 11 is 5.69. The van der Waals surface area contributed by atoms with E-state index >= 15 is 0 Å². The number of hydrogen-bond acceptors (Lipinski definition) is 3. The van der Waals surface area contributed by atoms with Crippen LogP contribution < -0.4 is 0 Å². The molecule has 17 heavy (non-hydrogen) atoms. The molecule has 0 fully saturated rings. The Bertz CT molecular complexity index is 225. The molecule has 0 spiro atoms. The Kier molecular flexibility index (Phi) is 6.86. The standard InChI is InChI=1S/C9H27ClO3Si4/c1-14(9-7-8-10)13-17(6,15(2,3)11)16(4,5)12/h11-12,14H,7-9H2,1-6H3. The molecular formula is C9H27ClO3Si4. The minimum Gasteiger partial charge on any atom is -0.458 e. The summed E-state index contributed by atoms with van der Waals surface area (Å²) in [7, 11) is -8.51. The molecule has 104 valence electrons. The van der Waals surface area contributed by atoms with Crippen molar-refractivity contribution in [3.63, 3.8) is 0 Å². The van der Waals surface area contributed by atoms with Crippen LogP contribution in [0.1, 0.15) is 6.42 Å². The van der Waals surface area contributed by atoms with Gasteiger partial charge in [-0.1, -0.05) is 0 Å². The molecule has 1 unspecified atom stereocenters. The first-order valence-corrected chi connectivity index (χ1v) is 19.4. The Labute approximate surface area is 115 Å². The van der Waals surface area contributed by atoms with Gasteiger partial charge in [0.25, 0.3) is 0 Å². The van der Waals surface area contributed by atoms with Crippen LogP contribution in [0.4, 0.5) is 0 Å².